The molecule has 84 valence electrons. The van der Waals surface area contributed by atoms with Gasteiger partial charge < -0.3 is 15.5 Å². The van der Waals surface area contributed by atoms with E-state index in [9.17, 15) is 10.2 Å². The first-order valence-electron chi connectivity index (χ1n) is 4.99. The average molecular weight is 230 g/mol. The maximum atomic E-state index is 9.50. The Kier molecular flexibility index (Phi) is 4.88. The number of phenols is 1. The highest BCUT2D eigenvalue weighted by molar-refractivity contribution is 6.30. The van der Waals surface area contributed by atoms with Gasteiger partial charge in [-0.2, -0.15) is 0 Å². The van der Waals surface area contributed by atoms with Gasteiger partial charge in [0.1, 0.15) is 5.75 Å². The van der Waals surface area contributed by atoms with Crippen molar-refractivity contribution in [3.8, 4) is 5.75 Å². The van der Waals surface area contributed by atoms with Crippen LogP contribution in [0.3, 0.4) is 0 Å². The third-order valence-corrected chi connectivity index (χ3v) is 2.44. The van der Waals surface area contributed by atoms with E-state index in [0.717, 1.165) is 5.56 Å². The number of benzene rings is 1. The SMILES string of the molecule is CCC(O)CNCc1cc(Cl)ccc1O. The largest absolute Gasteiger partial charge is 0.508 e. The fraction of sp³-hybridized carbons (Fsp3) is 0.455. The Morgan fingerprint density at radius 3 is 2.87 bits per heavy atom. The van der Waals surface area contributed by atoms with E-state index >= 15 is 0 Å². The number of aliphatic hydroxyl groups excluding tert-OH is 1. The van der Waals surface area contributed by atoms with Crippen molar-refractivity contribution >= 4 is 11.6 Å². The molecule has 3 nitrogen and oxygen atoms in total. The Balaban J connectivity index is 2.46. The molecule has 0 aliphatic heterocycles. The first-order valence-corrected chi connectivity index (χ1v) is 5.37. The van der Waals surface area contributed by atoms with Crippen molar-refractivity contribution in [2.75, 3.05) is 6.54 Å². The van der Waals surface area contributed by atoms with Crippen LogP contribution < -0.4 is 5.32 Å². The molecule has 0 heterocycles. The summed E-state index contributed by atoms with van der Waals surface area (Å²) < 4.78 is 0. The molecule has 0 bridgehead atoms. The fourth-order valence-electron chi connectivity index (χ4n) is 1.21. The van der Waals surface area contributed by atoms with Crippen LogP contribution in [0.1, 0.15) is 18.9 Å². The Labute approximate surface area is 94.7 Å². The van der Waals surface area contributed by atoms with Gasteiger partial charge >= 0.3 is 0 Å². The van der Waals surface area contributed by atoms with E-state index in [0.29, 0.717) is 24.5 Å². The standard InChI is InChI=1S/C11H16ClNO2/c1-2-10(14)7-13-6-8-5-9(12)3-4-11(8)15/h3-5,10,13-15H,2,6-7H2,1H3. The summed E-state index contributed by atoms with van der Waals surface area (Å²) in [5.41, 5.74) is 0.741. The van der Waals surface area contributed by atoms with Gasteiger partial charge in [0.2, 0.25) is 0 Å². The molecule has 15 heavy (non-hydrogen) atoms. The van der Waals surface area contributed by atoms with Crippen molar-refractivity contribution < 1.29 is 10.2 Å². The summed E-state index contributed by atoms with van der Waals surface area (Å²) in [6.45, 7) is 2.94. The second-order valence-corrected chi connectivity index (χ2v) is 3.90. The van der Waals surface area contributed by atoms with Crippen LogP contribution in [0.25, 0.3) is 0 Å². The van der Waals surface area contributed by atoms with Gasteiger partial charge in [-0.15, -0.1) is 0 Å². The number of hydrogen-bond acceptors (Lipinski definition) is 3. The molecule has 1 aromatic rings. The second kappa shape index (κ2) is 5.95. The Bertz CT molecular complexity index is 317. The summed E-state index contributed by atoms with van der Waals surface area (Å²) in [6, 6.07) is 4.92. The lowest BCUT2D eigenvalue weighted by molar-refractivity contribution is 0.167. The molecule has 0 fully saturated rings. The summed E-state index contributed by atoms with van der Waals surface area (Å²) in [5.74, 6) is 0.220. The van der Waals surface area contributed by atoms with Crippen molar-refractivity contribution in [1.82, 2.24) is 5.32 Å². The summed E-state index contributed by atoms with van der Waals surface area (Å²) >= 11 is 5.80. The maximum absolute atomic E-state index is 9.50. The number of rotatable bonds is 5. The van der Waals surface area contributed by atoms with E-state index in [-0.39, 0.29) is 11.9 Å². The molecule has 0 spiro atoms. The Morgan fingerprint density at radius 2 is 2.20 bits per heavy atom. The van der Waals surface area contributed by atoms with Crippen LogP contribution >= 0.6 is 11.6 Å². The molecule has 0 saturated carbocycles. The second-order valence-electron chi connectivity index (χ2n) is 3.47. The van der Waals surface area contributed by atoms with Gasteiger partial charge in [0, 0.05) is 23.7 Å². The molecule has 0 radical (unpaired) electrons. The highest BCUT2D eigenvalue weighted by Gasteiger charge is 2.03. The molecule has 1 aromatic carbocycles. The fourth-order valence-corrected chi connectivity index (χ4v) is 1.41. The van der Waals surface area contributed by atoms with Gasteiger partial charge in [-0.05, 0) is 24.6 Å². The highest BCUT2D eigenvalue weighted by atomic mass is 35.5. The molecular weight excluding hydrogens is 214 g/mol. The molecule has 1 rings (SSSR count). The molecule has 0 saturated heterocycles. The lowest BCUT2D eigenvalue weighted by Gasteiger charge is -2.10. The number of phenolic OH excluding ortho intramolecular Hbond substituents is 1. The van der Waals surface area contributed by atoms with E-state index in [1.54, 1.807) is 18.2 Å². The topological polar surface area (TPSA) is 52.5 Å². The van der Waals surface area contributed by atoms with Crippen LogP contribution in [-0.2, 0) is 6.54 Å². The molecule has 4 heteroatoms. The van der Waals surface area contributed by atoms with Gasteiger partial charge in [-0.25, -0.2) is 0 Å². The van der Waals surface area contributed by atoms with Gasteiger partial charge in [-0.3, -0.25) is 0 Å². The lowest BCUT2D eigenvalue weighted by atomic mass is 10.2. The summed E-state index contributed by atoms with van der Waals surface area (Å²) in [5, 5.41) is 22.5. The molecule has 1 atom stereocenters. The predicted molar refractivity (Wildman–Crippen MR) is 61.1 cm³/mol. The van der Waals surface area contributed by atoms with Crippen LogP contribution in [0.2, 0.25) is 5.02 Å². The van der Waals surface area contributed by atoms with E-state index in [1.165, 1.54) is 0 Å². The summed E-state index contributed by atoms with van der Waals surface area (Å²) in [4.78, 5) is 0. The minimum Gasteiger partial charge on any atom is -0.508 e. The molecule has 0 aliphatic carbocycles. The Hall–Kier alpha value is -0.770. The van der Waals surface area contributed by atoms with Gasteiger partial charge in [0.05, 0.1) is 6.10 Å². The minimum absolute atomic E-state index is 0.220. The molecule has 0 amide bonds. The van der Waals surface area contributed by atoms with Gasteiger partial charge in [0.15, 0.2) is 0 Å². The summed E-state index contributed by atoms with van der Waals surface area (Å²) in [6.07, 6.45) is 0.375. The number of nitrogens with one attached hydrogen (secondary N) is 1. The van der Waals surface area contributed by atoms with Crippen LogP contribution in [0, 0.1) is 0 Å². The van der Waals surface area contributed by atoms with Gasteiger partial charge in [-0.1, -0.05) is 18.5 Å². The minimum atomic E-state index is -0.341. The van der Waals surface area contributed by atoms with Crippen LogP contribution in [0.15, 0.2) is 18.2 Å². The zero-order valence-corrected chi connectivity index (χ0v) is 9.46. The van der Waals surface area contributed by atoms with Crippen molar-refractivity contribution in [1.29, 1.82) is 0 Å². The van der Waals surface area contributed by atoms with Crippen molar-refractivity contribution in [3.05, 3.63) is 28.8 Å². The average Bonchev–Trinajstić information content (AvgIpc) is 2.23. The lowest BCUT2D eigenvalue weighted by Crippen LogP contribution is -2.25. The molecule has 1 unspecified atom stereocenters. The number of aromatic hydroxyl groups is 1. The zero-order chi connectivity index (χ0) is 11.3. The predicted octanol–water partition coefficient (Wildman–Crippen LogP) is 1.91. The first-order chi connectivity index (χ1) is 7.13. The molecule has 3 N–H and O–H groups in total. The third-order valence-electron chi connectivity index (χ3n) is 2.21. The van der Waals surface area contributed by atoms with Crippen LogP contribution in [-0.4, -0.2) is 22.9 Å². The third kappa shape index (κ3) is 4.08. The van der Waals surface area contributed by atoms with Crippen molar-refractivity contribution in [3.63, 3.8) is 0 Å². The molecule has 0 aliphatic rings. The highest BCUT2D eigenvalue weighted by Crippen LogP contribution is 2.20. The normalized spacial score (nSPS) is 12.7. The molecule has 0 aromatic heterocycles. The number of halogens is 1. The van der Waals surface area contributed by atoms with Crippen LogP contribution in [0.5, 0.6) is 5.75 Å². The summed E-state index contributed by atoms with van der Waals surface area (Å²) in [7, 11) is 0. The zero-order valence-electron chi connectivity index (χ0n) is 8.70. The smallest absolute Gasteiger partial charge is 0.120 e. The quantitative estimate of drug-likeness (QED) is 0.723. The molecular formula is C11H16ClNO2. The maximum Gasteiger partial charge on any atom is 0.120 e. The van der Waals surface area contributed by atoms with Gasteiger partial charge in [0.25, 0.3) is 0 Å². The van der Waals surface area contributed by atoms with Crippen LogP contribution in [0.4, 0.5) is 0 Å². The van der Waals surface area contributed by atoms with E-state index in [1.807, 2.05) is 6.92 Å². The monoisotopic (exact) mass is 229 g/mol. The number of hydrogen-bond donors (Lipinski definition) is 3. The van der Waals surface area contributed by atoms with E-state index in [4.69, 9.17) is 11.6 Å². The van der Waals surface area contributed by atoms with Crippen molar-refractivity contribution in [2.24, 2.45) is 0 Å². The van der Waals surface area contributed by atoms with Crippen molar-refractivity contribution in [2.45, 2.75) is 26.0 Å². The first kappa shape index (κ1) is 12.3. The number of aliphatic hydroxyl groups is 1. The van der Waals surface area contributed by atoms with E-state index < -0.39 is 0 Å². The Morgan fingerprint density at radius 1 is 1.47 bits per heavy atom. The van der Waals surface area contributed by atoms with E-state index in [2.05, 4.69) is 5.32 Å².